The Morgan fingerprint density at radius 1 is 1.15 bits per heavy atom. The molecular weight excluding hydrogens is 272 g/mol. The van der Waals surface area contributed by atoms with Crippen LogP contribution >= 0.6 is 0 Å². The fourth-order valence-corrected chi connectivity index (χ4v) is 4.80. The molecule has 0 aliphatic heterocycles. The third-order valence-corrected chi connectivity index (χ3v) is 6.39. The van der Waals surface area contributed by atoms with E-state index in [1.54, 1.807) is 37.3 Å². The monoisotopic (exact) mass is 294 g/mol. The van der Waals surface area contributed by atoms with E-state index < -0.39 is 15.1 Å². The van der Waals surface area contributed by atoms with Crippen LogP contribution in [0.15, 0.2) is 35.2 Å². The molecule has 1 aliphatic carbocycles. The first-order chi connectivity index (χ1) is 9.57. The lowest BCUT2D eigenvalue weighted by atomic mass is 9.85. The number of carbonyl (C=O) groups excluding carboxylic acids is 1. The van der Waals surface area contributed by atoms with Gasteiger partial charge in [-0.05, 0) is 31.4 Å². The first-order valence-electron chi connectivity index (χ1n) is 7.40. The molecular formula is C16H22O3S. The Bertz CT molecular complexity index is 542. The number of carbonyl (C=O) groups is 1. The number of sulfone groups is 1. The van der Waals surface area contributed by atoms with Crippen LogP contribution in [0.2, 0.25) is 0 Å². The van der Waals surface area contributed by atoms with E-state index in [4.69, 9.17) is 0 Å². The SMILES string of the molecule is CCC(C(=O)C1CCCCC1)S(=O)(=O)c1ccccc1. The summed E-state index contributed by atoms with van der Waals surface area (Å²) >= 11 is 0. The van der Waals surface area contributed by atoms with Crippen LogP contribution in [0.25, 0.3) is 0 Å². The van der Waals surface area contributed by atoms with Crippen LogP contribution < -0.4 is 0 Å². The molecule has 1 aromatic carbocycles. The maximum Gasteiger partial charge on any atom is 0.188 e. The van der Waals surface area contributed by atoms with Gasteiger partial charge in [0.1, 0.15) is 5.25 Å². The van der Waals surface area contributed by atoms with E-state index in [0.29, 0.717) is 6.42 Å². The molecule has 0 amide bonds. The maximum absolute atomic E-state index is 12.6. The zero-order chi connectivity index (χ0) is 14.6. The molecule has 1 aromatic rings. The molecule has 0 aromatic heterocycles. The average Bonchev–Trinajstić information content (AvgIpc) is 2.49. The highest BCUT2D eigenvalue weighted by atomic mass is 32.2. The van der Waals surface area contributed by atoms with E-state index in [0.717, 1.165) is 32.1 Å². The van der Waals surface area contributed by atoms with E-state index >= 15 is 0 Å². The second kappa shape index (κ2) is 6.53. The smallest absolute Gasteiger partial charge is 0.188 e. The van der Waals surface area contributed by atoms with Crippen LogP contribution in [0.1, 0.15) is 45.4 Å². The Labute approximate surface area is 121 Å². The molecule has 2 rings (SSSR count). The van der Waals surface area contributed by atoms with Crippen LogP contribution in [0.4, 0.5) is 0 Å². The van der Waals surface area contributed by atoms with Gasteiger partial charge in [-0.2, -0.15) is 0 Å². The largest absolute Gasteiger partial charge is 0.298 e. The number of benzene rings is 1. The normalized spacial score (nSPS) is 18.6. The van der Waals surface area contributed by atoms with Crippen molar-refractivity contribution in [1.82, 2.24) is 0 Å². The molecule has 1 aliphatic rings. The fraction of sp³-hybridized carbons (Fsp3) is 0.562. The minimum absolute atomic E-state index is 0.0628. The number of ketones is 1. The highest BCUT2D eigenvalue weighted by Crippen LogP contribution is 2.29. The van der Waals surface area contributed by atoms with Gasteiger partial charge in [0.25, 0.3) is 0 Å². The van der Waals surface area contributed by atoms with Crippen molar-refractivity contribution in [1.29, 1.82) is 0 Å². The van der Waals surface area contributed by atoms with Gasteiger partial charge < -0.3 is 0 Å². The molecule has 0 spiro atoms. The van der Waals surface area contributed by atoms with Gasteiger partial charge in [-0.15, -0.1) is 0 Å². The highest BCUT2D eigenvalue weighted by molar-refractivity contribution is 7.92. The summed E-state index contributed by atoms with van der Waals surface area (Å²) in [6, 6.07) is 8.33. The Balaban J connectivity index is 2.25. The van der Waals surface area contributed by atoms with Gasteiger partial charge in [-0.25, -0.2) is 8.42 Å². The molecule has 4 heteroatoms. The Morgan fingerprint density at radius 3 is 2.30 bits per heavy atom. The first kappa shape index (κ1) is 15.2. The molecule has 0 radical (unpaired) electrons. The topological polar surface area (TPSA) is 51.2 Å². The van der Waals surface area contributed by atoms with Crippen LogP contribution in [0, 0.1) is 5.92 Å². The van der Waals surface area contributed by atoms with Gasteiger partial charge in [0.05, 0.1) is 4.90 Å². The lowest BCUT2D eigenvalue weighted by molar-refractivity contribution is -0.123. The zero-order valence-corrected chi connectivity index (χ0v) is 12.7. The summed E-state index contributed by atoms with van der Waals surface area (Å²) in [5.41, 5.74) is 0. The lowest BCUT2D eigenvalue weighted by Gasteiger charge is -2.24. The summed E-state index contributed by atoms with van der Waals surface area (Å²) in [4.78, 5) is 12.8. The van der Waals surface area contributed by atoms with Crippen molar-refractivity contribution >= 4 is 15.6 Å². The van der Waals surface area contributed by atoms with Crippen molar-refractivity contribution in [3.63, 3.8) is 0 Å². The van der Waals surface area contributed by atoms with E-state index in [9.17, 15) is 13.2 Å². The standard InChI is InChI=1S/C16H22O3S/c1-2-15(16(17)13-9-5-3-6-10-13)20(18,19)14-11-7-4-8-12-14/h4,7-8,11-13,15H,2-3,5-6,9-10H2,1H3. The molecule has 1 unspecified atom stereocenters. The molecule has 0 N–H and O–H groups in total. The number of rotatable bonds is 5. The molecule has 0 heterocycles. The number of hydrogen-bond donors (Lipinski definition) is 0. The van der Waals surface area contributed by atoms with Crippen molar-refractivity contribution in [3.8, 4) is 0 Å². The minimum Gasteiger partial charge on any atom is -0.298 e. The summed E-state index contributed by atoms with van der Waals surface area (Å²) < 4.78 is 25.3. The predicted octanol–water partition coefficient (Wildman–Crippen LogP) is 3.39. The second-order valence-corrected chi connectivity index (χ2v) is 7.62. The Hall–Kier alpha value is -1.16. The average molecular weight is 294 g/mol. The van der Waals surface area contributed by atoms with Crippen LogP contribution in [-0.4, -0.2) is 19.5 Å². The Morgan fingerprint density at radius 2 is 1.75 bits per heavy atom. The summed E-state index contributed by atoms with van der Waals surface area (Å²) in [5, 5.41) is -0.881. The minimum atomic E-state index is -3.55. The first-order valence-corrected chi connectivity index (χ1v) is 8.94. The lowest BCUT2D eigenvalue weighted by Crippen LogP contribution is -2.35. The quantitative estimate of drug-likeness (QED) is 0.836. The molecule has 1 saturated carbocycles. The zero-order valence-electron chi connectivity index (χ0n) is 11.9. The van der Waals surface area contributed by atoms with E-state index in [-0.39, 0.29) is 16.6 Å². The maximum atomic E-state index is 12.6. The second-order valence-electron chi connectivity index (χ2n) is 5.49. The van der Waals surface area contributed by atoms with Gasteiger partial charge in [-0.3, -0.25) is 4.79 Å². The molecule has 0 saturated heterocycles. The van der Waals surface area contributed by atoms with Crippen molar-refractivity contribution in [3.05, 3.63) is 30.3 Å². The number of Topliss-reactive ketones (excluding diaryl/α,β-unsaturated/α-hetero) is 1. The van der Waals surface area contributed by atoms with E-state index in [1.807, 2.05) is 0 Å². The van der Waals surface area contributed by atoms with E-state index in [1.165, 1.54) is 0 Å². The van der Waals surface area contributed by atoms with Crippen molar-refractivity contribution in [2.75, 3.05) is 0 Å². The molecule has 1 fully saturated rings. The number of hydrogen-bond acceptors (Lipinski definition) is 3. The molecule has 20 heavy (non-hydrogen) atoms. The summed E-state index contributed by atoms with van der Waals surface area (Å²) in [6.45, 7) is 1.78. The molecule has 1 atom stereocenters. The highest BCUT2D eigenvalue weighted by Gasteiger charge is 2.36. The predicted molar refractivity (Wildman–Crippen MR) is 79.3 cm³/mol. The molecule has 3 nitrogen and oxygen atoms in total. The van der Waals surface area contributed by atoms with Gasteiger partial charge in [-0.1, -0.05) is 44.4 Å². The fourth-order valence-electron chi connectivity index (χ4n) is 3.00. The van der Waals surface area contributed by atoms with Crippen LogP contribution in [0.5, 0.6) is 0 Å². The van der Waals surface area contributed by atoms with E-state index in [2.05, 4.69) is 0 Å². The van der Waals surface area contributed by atoms with Gasteiger partial charge in [0.2, 0.25) is 0 Å². The van der Waals surface area contributed by atoms with Crippen molar-refractivity contribution < 1.29 is 13.2 Å². The van der Waals surface area contributed by atoms with Crippen LogP contribution in [0.3, 0.4) is 0 Å². The molecule has 0 bridgehead atoms. The Kier molecular flexibility index (Phi) is 4.97. The third kappa shape index (κ3) is 3.11. The summed E-state index contributed by atoms with van der Waals surface area (Å²) in [5.74, 6) is -0.136. The third-order valence-electron chi connectivity index (χ3n) is 4.14. The summed E-state index contributed by atoms with van der Waals surface area (Å²) in [7, 11) is -3.55. The molecule has 110 valence electrons. The summed E-state index contributed by atoms with van der Waals surface area (Å²) in [6.07, 6.45) is 5.29. The van der Waals surface area contributed by atoms with Crippen LogP contribution in [-0.2, 0) is 14.6 Å². The van der Waals surface area contributed by atoms with Crippen molar-refractivity contribution in [2.45, 2.75) is 55.6 Å². The van der Waals surface area contributed by atoms with Crippen molar-refractivity contribution in [2.24, 2.45) is 5.92 Å². The van der Waals surface area contributed by atoms with Gasteiger partial charge in [0.15, 0.2) is 15.6 Å². The van der Waals surface area contributed by atoms with Gasteiger partial charge >= 0.3 is 0 Å². The van der Waals surface area contributed by atoms with Gasteiger partial charge in [0, 0.05) is 5.92 Å².